The zero-order chi connectivity index (χ0) is 14.8. The van der Waals surface area contributed by atoms with E-state index in [-0.39, 0.29) is 11.1 Å². The SMILES string of the molecule is COC1(C)CCCN(C2CCC(C#N)(NC(C)C)C2)C1. The minimum absolute atomic E-state index is 0.0123. The molecule has 0 aromatic heterocycles. The molecule has 3 unspecified atom stereocenters. The number of hydrogen-bond donors (Lipinski definition) is 1. The third-order valence-electron chi connectivity index (χ3n) is 4.97. The number of nitriles is 1. The zero-order valence-corrected chi connectivity index (χ0v) is 13.4. The van der Waals surface area contributed by atoms with Crippen LogP contribution in [0.2, 0.25) is 0 Å². The molecule has 20 heavy (non-hydrogen) atoms. The van der Waals surface area contributed by atoms with Gasteiger partial charge in [0.15, 0.2) is 0 Å². The van der Waals surface area contributed by atoms with Crippen molar-refractivity contribution in [2.75, 3.05) is 20.2 Å². The fraction of sp³-hybridized carbons (Fsp3) is 0.938. The maximum Gasteiger partial charge on any atom is 0.108 e. The molecule has 2 fully saturated rings. The van der Waals surface area contributed by atoms with Crippen LogP contribution in [0.5, 0.6) is 0 Å². The standard InChI is InChI=1S/C16H29N3O/c1-13(2)18-16(11-17)8-6-14(10-16)19-9-5-7-15(3,12-19)20-4/h13-14,18H,5-10,12H2,1-4H3. The van der Waals surface area contributed by atoms with Crippen LogP contribution in [0.1, 0.15) is 52.9 Å². The minimum Gasteiger partial charge on any atom is -0.377 e. The maximum atomic E-state index is 9.57. The van der Waals surface area contributed by atoms with Crippen molar-refractivity contribution in [3.05, 3.63) is 0 Å². The van der Waals surface area contributed by atoms with Gasteiger partial charge in [0.2, 0.25) is 0 Å². The van der Waals surface area contributed by atoms with E-state index in [0.29, 0.717) is 12.1 Å². The van der Waals surface area contributed by atoms with Gasteiger partial charge >= 0.3 is 0 Å². The van der Waals surface area contributed by atoms with Gasteiger partial charge in [-0.2, -0.15) is 5.26 Å². The second kappa shape index (κ2) is 6.01. The fourth-order valence-corrected chi connectivity index (χ4v) is 3.87. The van der Waals surface area contributed by atoms with Gasteiger partial charge in [-0.05, 0) is 59.4 Å². The molecule has 0 aromatic carbocycles. The van der Waals surface area contributed by atoms with Gasteiger partial charge in [0, 0.05) is 25.7 Å². The van der Waals surface area contributed by atoms with Crippen molar-refractivity contribution in [1.29, 1.82) is 5.26 Å². The average Bonchev–Trinajstić information content (AvgIpc) is 2.83. The summed E-state index contributed by atoms with van der Waals surface area (Å²) in [5.41, 5.74) is -0.332. The smallest absolute Gasteiger partial charge is 0.108 e. The van der Waals surface area contributed by atoms with Crippen LogP contribution in [-0.4, -0.2) is 48.3 Å². The van der Waals surface area contributed by atoms with Crippen LogP contribution in [0, 0.1) is 11.3 Å². The monoisotopic (exact) mass is 279 g/mol. The molecule has 1 heterocycles. The van der Waals surface area contributed by atoms with E-state index in [4.69, 9.17) is 4.74 Å². The van der Waals surface area contributed by atoms with Crippen LogP contribution in [0.15, 0.2) is 0 Å². The Hall–Kier alpha value is -0.630. The van der Waals surface area contributed by atoms with Crippen molar-refractivity contribution in [2.24, 2.45) is 0 Å². The van der Waals surface area contributed by atoms with Gasteiger partial charge in [-0.25, -0.2) is 0 Å². The van der Waals surface area contributed by atoms with Crippen molar-refractivity contribution < 1.29 is 4.74 Å². The predicted octanol–water partition coefficient (Wildman–Crippen LogP) is 2.30. The highest BCUT2D eigenvalue weighted by molar-refractivity contribution is 5.14. The fourth-order valence-electron chi connectivity index (χ4n) is 3.87. The van der Waals surface area contributed by atoms with Crippen LogP contribution in [0.25, 0.3) is 0 Å². The topological polar surface area (TPSA) is 48.3 Å². The zero-order valence-electron chi connectivity index (χ0n) is 13.4. The van der Waals surface area contributed by atoms with Crippen molar-refractivity contribution >= 4 is 0 Å². The molecular formula is C16H29N3O. The van der Waals surface area contributed by atoms with Gasteiger partial charge in [0.1, 0.15) is 5.54 Å². The van der Waals surface area contributed by atoms with Crippen molar-refractivity contribution in [3.8, 4) is 6.07 Å². The summed E-state index contributed by atoms with van der Waals surface area (Å²) in [5, 5.41) is 13.1. The Morgan fingerprint density at radius 2 is 2.15 bits per heavy atom. The van der Waals surface area contributed by atoms with Crippen LogP contribution in [0.3, 0.4) is 0 Å². The van der Waals surface area contributed by atoms with Gasteiger partial charge in [-0.1, -0.05) is 0 Å². The van der Waals surface area contributed by atoms with E-state index in [1.165, 1.54) is 6.42 Å². The molecule has 0 spiro atoms. The Balaban J connectivity index is 2.00. The third kappa shape index (κ3) is 3.33. The highest BCUT2D eigenvalue weighted by atomic mass is 16.5. The molecule has 0 amide bonds. The van der Waals surface area contributed by atoms with Gasteiger partial charge in [-0.3, -0.25) is 10.2 Å². The first-order valence-electron chi connectivity index (χ1n) is 7.90. The molecule has 1 saturated carbocycles. The summed E-state index contributed by atoms with van der Waals surface area (Å²) < 4.78 is 5.69. The molecule has 3 atom stereocenters. The highest BCUT2D eigenvalue weighted by Gasteiger charge is 2.44. The summed E-state index contributed by atoms with van der Waals surface area (Å²) in [5.74, 6) is 0. The summed E-state index contributed by atoms with van der Waals surface area (Å²) in [6.07, 6.45) is 5.36. The number of methoxy groups -OCH3 is 1. The quantitative estimate of drug-likeness (QED) is 0.858. The van der Waals surface area contributed by atoms with Crippen LogP contribution in [0.4, 0.5) is 0 Å². The van der Waals surface area contributed by atoms with Crippen molar-refractivity contribution in [3.63, 3.8) is 0 Å². The average molecular weight is 279 g/mol. The lowest BCUT2D eigenvalue weighted by atomic mass is 9.92. The summed E-state index contributed by atoms with van der Waals surface area (Å²) in [7, 11) is 1.82. The highest BCUT2D eigenvalue weighted by Crippen LogP contribution is 2.36. The summed E-state index contributed by atoms with van der Waals surface area (Å²) in [6.45, 7) is 8.59. The number of nitrogens with one attached hydrogen (secondary N) is 1. The van der Waals surface area contributed by atoms with Crippen LogP contribution in [-0.2, 0) is 4.74 Å². The van der Waals surface area contributed by atoms with E-state index in [1.807, 2.05) is 7.11 Å². The van der Waals surface area contributed by atoms with Crippen LogP contribution < -0.4 is 5.32 Å². The lowest BCUT2D eigenvalue weighted by Crippen LogP contribution is -2.52. The van der Waals surface area contributed by atoms with E-state index >= 15 is 0 Å². The summed E-state index contributed by atoms with van der Waals surface area (Å²) in [6, 6.07) is 3.43. The molecule has 1 aliphatic carbocycles. The summed E-state index contributed by atoms with van der Waals surface area (Å²) >= 11 is 0. The Labute approximate surface area is 123 Å². The number of piperidine rings is 1. The van der Waals surface area contributed by atoms with E-state index in [0.717, 1.165) is 38.8 Å². The molecule has 1 aliphatic heterocycles. The Kier molecular flexibility index (Phi) is 4.73. The van der Waals surface area contributed by atoms with Crippen molar-refractivity contribution in [2.45, 2.75) is 76.1 Å². The normalized spacial score (nSPS) is 39.1. The predicted molar refractivity (Wildman–Crippen MR) is 80.5 cm³/mol. The molecule has 0 radical (unpaired) electrons. The summed E-state index contributed by atoms with van der Waals surface area (Å²) in [4.78, 5) is 2.55. The largest absolute Gasteiger partial charge is 0.377 e. The number of rotatable bonds is 4. The Bertz CT molecular complexity index is 378. The first kappa shape index (κ1) is 15.8. The molecule has 1 saturated heterocycles. The number of likely N-dealkylation sites (tertiary alicyclic amines) is 1. The van der Waals surface area contributed by atoms with E-state index in [1.54, 1.807) is 0 Å². The Morgan fingerprint density at radius 3 is 2.75 bits per heavy atom. The molecule has 2 rings (SSSR count). The lowest BCUT2D eigenvalue weighted by molar-refractivity contribution is -0.0610. The maximum absolute atomic E-state index is 9.57. The number of ether oxygens (including phenoxy) is 1. The Morgan fingerprint density at radius 1 is 1.40 bits per heavy atom. The first-order valence-corrected chi connectivity index (χ1v) is 7.90. The van der Waals surface area contributed by atoms with Crippen LogP contribution >= 0.6 is 0 Å². The number of hydrogen-bond acceptors (Lipinski definition) is 4. The van der Waals surface area contributed by atoms with E-state index in [2.05, 4.69) is 37.1 Å². The van der Waals surface area contributed by atoms with E-state index < -0.39 is 0 Å². The molecule has 2 aliphatic rings. The molecule has 4 heteroatoms. The molecular weight excluding hydrogens is 250 g/mol. The van der Waals surface area contributed by atoms with Gasteiger partial charge < -0.3 is 4.74 Å². The van der Waals surface area contributed by atoms with E-state index in [9.17, 15) is 5.26 Å². The first-order chi connectivity index (χ1) is 9.42. The molecule has 4 nitrogen and oxygen atoms in total. The van der Waals surface area contributed by atoms with Gasteiger partial charge in [0.25, 0.3) is 0 Å². The minimum atomic E-state index is -0.320. The molecule has 1 N–H and O–H groups in total. The number of nitrogens with zero attached hydrogens (tertiary/aromatic N) is 2. The van der Waals surface area contributed by atoms with Crippen molar-refractivity contribution in [1.82, 2.24) is 10.2 Å². The third-order valence-corrected chi connectivity index (χ3v) is 4.97. The lowest BCUT2D eigenvalue weighted by Gasteiger charge is -2.42. The second-order valence-electron chi connectivity index (χ2n) is 7.12. The molecule has 0 aromatic rings. The second-order valence-corrected chi connectivity index (χ2v) is 7.12. The van der Waals surface area contributed by atoms with Gasteiger partial charge in [0.05, 0.1) is 11.7 Å². The van der Waals surface area contributed by atoms with Gasteiger partial charge in [-0.15, -0.1) is 0 Å². The molecule has 0 bridgehead atoms. The molecule has 114 valence electrons.